The fraction of sp³-hybridized carbons (Fsp3) is 0. The zero-order chi connectivity index (χ0) is 11.5. The molecule has 0 saturated heterocycles. The van der Waals surface area contributed by atoms with Gasteiger partial charge in [0.15, 0.2) is 0 Å². The first-order chi connectivity index (χ1) is 7.65. The number of thiophene rings is 1. The van der Waals surface area contributed by atoms with E-state index in [1.165, 1.54) is 29.7 Å². The molecular formula is C10H6BrFN2OS. The zero-order valence-corrected chi connectivity index (χ0v) is 10.3. The van der Waals surface area contributed by atoms with Gasteiger partial charge in [0.2, 0.25) is 5.95 Å². The summed E-state index contributed by atoms with van der Waals surface area (Å²) in [6.07, 6.45) is 1.27. The molecule has 0 radical (unpaired) electrons. The van der Waals surface area contributed by atoms with E-state index < -0.39 is 5.95 Å². The zero-order valence-electron chi connectivity index (χ0n) is 7.91. The largest absolute Gasteiger partial charge is 0.321 e. The number of carbonyl (C=O) groups is 1. The van der Waals surface area contributed by atoms with Crippen LogP contribution in [0.2, 0.25) is 0 Å². The van der Waals surface area contributed by atoms with Gasteiger partial charge in [0, 0.05) is 5.38 Å². The van der Waals surface area contributed by atoms with Gasteiger partial charge in [-0.1, -0.05) is 0 Å². The molecule has 0 aliphatic carbocycles. The number of nitrogens with one attached hydrogen (secondary N) is 1. The average Bonchev–Trinajstić information content (AvgIpc) is 2.68. The number of carbonyl (C=O) groups excluding carboxylic acids is 1. The van der Waals surface area contributed by atoms with Crippen molar-refractivity contribution in [2.24, 2.45) is 0 Å². The van der Waals surface area contributed by atoms with E-state index in [2.05, 4.69) is 26.2 Å². The molecule has 82 valence electrons. The predicted octanol–water partition coefficient (Wildman–Crippen LogP) is 3.30. The highest BCUT2D eigenvalue weighted by Crippen LogP contribution is 2.21. The van der Waals surface area contributed by atoms with Crippen LogP contribution in [0.15, 0.2) is 33.6 Å². The summed E-state index contributed by atoms with van der Waals surface area (Å²) in [6.45, 7) is 0. The van der Waals surface area contributed by atoms with E-state index in [4.69, 9.17) is 0 Å². The number of halogens is 2. The number of nitrogens with zero attached hydrogens (tertiary/aromatic N) is 1. The van der Waals surface area contributed by atoms with E-state index >= 15 is 0 Å². The maximum Gasteiger partial charge on any atom is 0.256 e. The van der Waals surface area contributed by atoms with E-state index in [0.29, 0.717) is 11.3 Å². The highest BCUT2D eigenvalue weighted by Gasteiger charge is 2.08. The van der Waals surface area contributed by atoms with Crippen molar-refractivity contribution in [3.63, 3.8) is 0 Å². The van der Waals surface area contributed by atoms with Crippen LogP contribution in [-0.4, -0.2) is 10.9 Å². The van der Waals surface area contributed by atoms with Gasteiger partial charge in [-0.05, 0) is 34.1 Å². The van der Waals surface area contributed by atoms with Gasteiger partial charge >= 0.3 is 0 Å². The molecule has 0 aliphatic rings. The van der Waals surface area contributed by atoms with E-state index in [1.807, 2.05) is 0 Å². The third kappa shape index (κ3) is 2.65. The van der Waals surface area contributed by atoms with Gasteiger partial charge in [-0.3, -0.25) is 4.79 Å². The normalized spacial score (nSPS) is 10.1. The van der Waals surface area contributed by atoms with Crippen LogP contribution in [0, 0.1) is 5.95 Å². The molecule has 2 aromatic heterocycles. The van der Waals surface area contributed by atoms with Gasteiger partial charge in [-0.25, -0.2) is 4.98 Å². The van der Waals surface area contributed by atoms with Crippen LogP contribution >= 0.6 is 27.3 Å². The highest BCUT2D eigenvalue weighted by molar-refractivity contribution is 9.11. The predicted molar refractivity (Wildman–Crippen MR) is 64.2 cm³/mol. The number of aromatic nitrogens is 1. The Labute approximate surface area is 103 Å². The first-order valence-electron chi connectivity index (χ1n) is 4.32. The summed E-state index contributed by atoms with van der Waals surface area (Å²) in [7, 11) is 0. The lowest BCUT2D eigenvalue weighted by molar-refractivity contribution is 0.102. The molecule has 3 nitrogen and oxygen atoms in total. The summed E-state index contributed by atoms with van der Waals surface area (Å²) in [6, 6.07) is 4.37. The molecule has 1 N–H and O–H groups in total. The molecule has 0 unspecified atom stereocenters. The van der Waals surface area contributed by atoms with Crippen LogP contribution in [0.25, 0.3) is 0 Å². The van der Waals surface area contributed by atoms with Gasteiger partial charge in [0.05, 0.1) is 21.2 Å². The molecule has 2 aromatic rings. The Morgan fingerprint density at radius 3 is 2.88 bits per heavy atom. The summed E-state index contributed by atoms with van der Waals surface area (Å²) in [5.41, 5.74) is 1.02. The summed E-state index contributed by atoms with van der Waals surface area (Å²) < 4.78 is 13.4. The Kier molecular flexibility index (Phi) is 3.31. The van der Waals surface area contributed by atoms with Crippen LogP contribution in [0.3, 0.4) is 0 Å². The van der Waals surface area contributed by atoms with Crippen LogP contribution < -0.4 is 5.32 Å². The lowest BCUT2D eigenvalue weighted by Crippen LogP contribution is -2.10. The molecule has 2 rings (SSSR count). The Morgan fingerprint density at radius 1 is 1.50 bits per heavy atom. The van der Waals surface area contributed by atoms with Gasteiger partial charge in [-0.2, -0.15) is 4.39 Å². The molecule has 16 heavy (non-hydrogen) atoms. The minimum Gasteiger partial charge on any atom is -0.321 e. The molecule has 0 aliphatic heterocycles. The Bertz CT molecular complexity index is 512. The van der Waals surface area contributed by atoms with Crippen LogP contribution in [0.4, 0.5) is 10.1 Å². The molecule has 0 spiro atoms. The lowest BCUT2D eigenvalue weighted by atomic mass is 10.3. The summed E-state index contributed by atoms with van der Waals surface area (Å²) in [5.74, 6) is -0.813. The summed E-state index contributed by atoms with van der Waals surface area (Å²) in [5, 5.41) is 4.35. The molecule has 1 amide bonds. The second kappa shape index (κ2) is 4.71. The molecule has 2 heterocycles. The Morgan fingerprint density at radius 2 is 2.31 bits per heavy atom. The number of anilines is 1. The van der Waals surface area contributed by atoms with Crippen molar-refractivity contribution in [1.29, 1.82) is 0 Å². The third-order valence-electron chi connectivity index (χ3n) is 1.81. The van der Waals surface area contributed by atoms with Gasteiger partial charge in [-0.15, -0.1) is 11.3 Å². The van der Waals surface area contributed by atoms with Crippen LogP contribution in [0.1, 0.15) is 10.4 Å². The van der Waals surface area contributed by atoms with E-state index in [-0.39, 0.29) is 5.91 Å². The molecule has 0 bridgehead atoms. The van der Waals surface area contributed by atoms with Crippen LogP contribution in [0.5, 0.6) is 0 Å². The van der Waals surface area contributed by atoms with Gasteiger partial charge in [0.25, 0.3) is 5.91 Å². The van der Waals surface area contributed by atoms with Crippen molar-refractivity contribution < 1.29 is 9.18 Å². The van der Waals surface area contributed by atoms with E-state index in [1.54, 1.807) is 11.4 Å². The van der Waals surface area contributed by atoms with E-state index in [9.17, 15) is 9.18 Å². The fourth-order valence-electron chi connectivity index (χ4n) is 1.08. The number of rotatable bonds is 2. The quantitative estimate of drug-likeness (QED) is 0.865. The molecule has 0 atom stereocenters. The first kappa shape index (κ1) is 11.2. The SMILES string of the molecule is O=C(Nc1ccc(F)nc1)c1csc(Br)c1. The maximum atomic E-state index is 12.5. The van der Waals surface area contributed by atoms with E-state index in [0.717, 1.165) is 3.79 Å². The molecule has 0 aromatic carbocycles. The third-order valence-corrected chi connectivity index (χ3v) is 3.32. The highest BCUT2D eigenvalue weighted by atomic mass is 79.9. The molecular weight excluding hydrogens is 295 g/mol. The monoisotopic (exact) mass is 300 g/mol. The molecule has 0 saturated carbocycles. The standard InChI is InChI=1S/C10H6BrFN2OS/c11-8-3-6(5-16-8)10(15)14-7-1-2-9(12)13-4-7/h1-5H,(H,14,15). The second-order valence-corrected chi connectivity index (χ2v) is 5.25. The molecule has 0 fully saturated rings. The maximum absolute atomic E-state index is 12.5. The van der Waals surface area contributed by atoms with Gasteiger partial charge < -0.3 is 5.32 Å². The first-order valence-corrected chi connectivity index (χ1v) is 5.99. The van der Waals surface area contributed by atoms with Crippen molar-refractivity contribution in [2.75, 3.05) is 5.32 Å². The summed E-state index contributed by atoms with van der Waals surface area (Å²) >= 11 is 4.70. The van der Waals surface area contributed by atoms with Crippen LogP contribution in [-0.2, 0) is 0 Å². The minimum atomic E-state index is -0.573. The fourth-order valence-corrected chi connectivity index (χ4v) is 2.22. The summed E-state index contributed by atoms with van der Waals surface area (Å²) in [4.78, 5) is 15.1. The van der Waals surface area contributed by atoms with Crippen molar-refractivity contribution in [3.8, 4) is 0 Å². The van der Waals surface area contributed by atoms with Crippen molar-refractivity contribution in [3.05, 3.63) is 45.1 Å². The van der Waals surface area contributed by atoms with Crippen molar-refractivity contribution in [1.82, 2.24) is 4.98 Å². The number of amides is 1. The Balaban J connectivity index is 2.10. The minimum absolute atomic E-state index is 0.240. The number of hydrogen-bond acceptors (Lipinski definition) is 3. The number of pyridine rings is 1. The number of hydrogen-bond donors (Lipinski definition) is 1. The van der Waals surface area contributed by atoms with Gasteiger partial charge in [0.1, 0.15) is 0 Å². The topological polar surface area (TPSA) is 42.0 Å². The van der Waals surface area contributed by atoms with Crippen molar-refractivity contribution >= 4 is 38.9 Å². The second-order valence-electron chi connectivity index (χ2n) is 2.96. The smallest absolute Gasteiger partial charge is 0.256 e. The van der Waals surface area contributed by atoms with Crippen molar-refractivity contribution in [2.45, 2.75) is 0 Å². The molecule has 6 heteroatoms. The lowest BCUT2D eigenvalue weighted by Gasteiger charge is -2.02. The average molecular weight is 301 g/mol. The Hall–Kier alpha value is -1.27.